The summed E-state index contributed by atoms with van der Waals surface area (Å²) in [5, 5.41) is 15.4. The minimum absolute atomic E-state index is 0. The summed E-state index contributed by atoms with van der Waals surface area (Å²) in [6, 6.07) is 31.9. The van der Waals surface area contributed by atoms with Gasteiger partial charge in [0.2, 0.25) is 6.29 Å². The standard InChI is InChI=1S/C34H34N6.C4H6.Mn/c1-22-7-13-28(14-8-22)31-19-25(4)38(35-31)34(39-26(5)20-32(36-39)29-15-9-23(2)10-16-29)40-27(6)21-33(37-40)30-17-11-24(3)12-18-30;1-3-4-2;/h7-21,34H,1-6H3;3-4H,1-2H2;. The molecular formula is C38H40MnN6. The fourth-order valence-corrected chi connectivity index (χ4v) is 5.07. The third-order valence-electron chi connectivity index (χ3n) is 7.63. The summed E-state index contributed by atoms with van der Waals surface area (Å²) in [6.07, 6.45) is 2.86. The van der Waals surface area contributed by atoms with Crippen LogP contribution >= 0.6 is 0 Å². The smallest absolute Gasteiger partial charge is 0.224 e. The van der Waals surface area contributed by atoms with Crippen molar-refractivity contribution in [2.24, 2.45) is 0 Å². The van der Waals surface area contributed by atoms with Gasteiger partial charge in [-0.1, -0.05) is 115 Å². The Morgan fingerprint density at radius 3 is 0.933 bits per heavy atom. The Labute approximate surface area is 277 Å². The van der Waals surface area contributed by atoms with Gasteiger partial charge in [-0.2, -0.15) is 15.3 Å². The first-order chi connectivity index (χ1) is 21.2. The molecule has 0 aliphatic carbocycles. The number of aryl methyl sites for hydroxylation is 6. The number of rotatable bonds is 7. The fraction of sp³-hybridized carbons (Fsp3) is 0.184. The Morgan fingerprint density at radius 2 is 0.711 bits per heavy atom. The first-order valence-corrected chi connectivity index (χ1v) is 14.8. The molecule has 0 spiro atoms. The van der Waals surface area contributed by atoms with Crippen LogP contribution in [0, 0.1) is 41.5 Å². The SMILES string of the molecule is C=CC=C.Cc1ccc(-c2cc(C)n(C(n3nc(-c4ccc(C)cc4)cc3C)n3nc(-c4ccc(C)cc4)cc3C)n2)cc1.[Mn]. The van der Waals surface area contributed by atoms with Crippen LogP contribution in [0.25, 0.3) is 33.8 Å². The van der Waals surface area contributed by atoms with Crippen molar-refractivity contribution >= 4 is 0 Å². The molecule has 3 aromatic carbocycles. The van der Waals surface area contributed by atoms with Crippen molar-refractivity contribution in [1.82, 2.24) is 29.3 Å². The van der Waals surface area contributed by atoms with Gasteiger partial charge >= 0.3 is 0 Å². The molecule has 6 aromatic rings. The molecule has 0 atom stereocenters. The Kier molecular flexibility index (Phi) is 10.6. The number of hydrogen-bond acceptors (Lipinski definition) is 3. The van der Waals surface area contributed by atoms with Crippen LogP contribution in [0.2, 0.25) is 0 Å². The summed E-state index contributed by atoms with van der Waals surface area (Å²) in [4.78, 5) is 0. The number of aromatic nitrogens is 6. The molecule has 3 heterocycles. The molecule has 0 saturated carbocycles. The summed E-state index contributed by atoms with van der Waals surface area (Å²) in [7, 11) is 0. The van der Waals surface area contributed by atoms with E-state index >= 15 is 0 Å². The number of nitrogens with zero attached hydrogens (tertiary/aromatic N) is 6. The summed E-state index contributed by atoms with van der Waals surface area (Å²) >= 11 is 0. The summed E-state index contributed by atoms with van der Waals surface area (Å²) < 4.78 is 6.10. The molecular weight excluding hydrogens is 595 g/mol. The van der Waals surface area contributed by atoms with E-state index in [9.17, 15) is 0 Å². The third kappa shape index (κ3) is 7.34. The quantitative estimate of drug-likeness (QED) is 0.130. The zero-order valence-electron chi connectivity index (χ0n) is 26.9. The van der Waals surface area contributed by atoms with E-state index in [0.29, 0.717) is 0 Å². The van der Waals surface area contributed by atoms with Gasteiger partial charge in [-0.05, 0) is 59.7 Å². The van der Waals surface area contributed by atoms with Crippen LogP contribution in [0.3, 0.4) is 0 Å². The van der Waals surface area contributed by atoms with Gasteiger partial charge in [0.25, 0.3) is 0 Å². The van der Waals surface area contributed by atoms with Crippen LogP contribution in [-0.4, -0.2) is 29.3 Å². The molecule has 7 heteroatoms. The topological polar surface area (TPSA) is 53.5 Å². The maximum absolute atomic E-state index is 5.13. The van der Waals surface area contributed by atoms with Gasteiger partial charge in [0.05, 0.1) is 17.1 Å². The second-order valence-corrected chi connectivity index (χ2v) is 11.3. The van der Waals surface area contributed by atoms with Crippen molar-refractivity contribution in [2.45, 2.75) is 47.8 Å². The third-order valence-corrected chi connectivity index (χ3v) is 7.63. The van der Waals surface area contributed by atoms with Crippen molar-refractivity contribution < 1.29 is 17.1 Å². The molecule has 0 amide bonds. The Hall–Kier alpha value is -4.71. The van der Waals surface area contributed by atoms with Crippen molar-refractivity contribution in [3.63, 3.8) is 0 Å². The summed E-state index contributed by atoms with van der Waals surface area (Å²) in [5.74, 6) is 0. The summed E-state index contributed by atoms with van der Waals surface area (Å²) in [6.45, 7) is 19.3. The molecule has 3 aromatic heterocycles. The van der Waals surface area contributed by atoms with Gasteiger partial charge in [0.1, 0.15) is 0 Å². The second-order valence-electron chi connectivity index (χ2n) is 11.3. The molecule has 6 nitrogen and oxygen atoms in total. The molecule has 0 aliphatic heterocycles. The number of benzene rings is 3. The molecule has 6 rings (SSSR count). The van der Waals surface area contributed by atoms with Gasteiger partial charge < -0.3 is 0 Å². The summed E-state index contributed by atoms with van der Waals surface area (Å²) in [5.41, 5.74) is 12.8. The van der Waals surface area contributed by atoms with E-state index in [1.165, 1.54) is 16.7 Å². The van der Waals surface area contributed by atoms with Gasteiger partial charge in [-0.25, -0.2) is 14.0 Å². The van der Waals surface area contributed by atoms with Crippen molar-refractivity contribution in [3.8, 4) is 33.8 Å². The Balaban J connectivity index is 0.000000871. The van der Waals surface area contributed by atoms with E-state index in [2.05, 4.69) is 146 Å². The normalized spacial score (nSPS) is 10.6. The van der Waals surface area contributed by atoms with Gasteiger partial charge in [0, 0.05) is 50.8 Å². The average molecular weight is 636 g/mol. The minimum Gasteiger partial charge on any atom is -0.224 e. The van der Waals surface area contributed by atoms with E-state index < -0.39 is 6.29 Å². The molecule has 0 fully saturated rings. The van der Waals surface area contributed by atoms with Crippen molar-refractivity contribution in [3.05, 3.63) is 150 Å². The minimum atomic E-state index is -0.419. The zero-order valence-corrected chi connectivity index (χ0v) is 28.0. The maximum atomic E-state index is 5.13. The predicted molar refractivity (Wildman–Crippen MR) is 182 cm³/mol. The van der Waals surface area contributed by atoms with Gasteiger partial charge in [-0.3, -0.25) is 0 Å². The molecule has 1 radical (unpaired) electrons. The fourth-order valence-electron chi connectivity index (χ4n) is 5.07. The first-order valence-electron chi connectivity index (χ1n) is 14.8. The average Bonchev–Trinajstić information content (AvgIpc) is 3.72. The van der Waals surface area contributed by atoms with E-state index in [-0.39, 0.29) is 17.1 Å². The molecule has 0 unspecified atom stereocenters. The second kappa shape index (κ2) is 14.4. The van der Waals surface area contributed by atoms with Crippen LogP contribution in [0.15, 0.2) is 116 Å². The first kappa shape index (κ1) is 33.2. The molecule has 0 saturated heterocycles. The molecule has 229 valence electrons. The molecule has 0 aliphatic rings. The van der Waals surface area contributed by atoms with Crippen LogP contribution < -0.4 is 0 Å². The molecule has 45 heavy (non-hydrogen) atoms. The van der Waals surface area contributed by atoms with Crippen LogP contribution in [-0.2, 0) is 17.1 Å². The Morgan fingerprint density at radius 1 is 0.467 bits per heavy atom. The van der Waals surface area contributed by atoms with Gasteiger partial charge in [-0.15, -0.1) is 0 Å². The van der Waals surface area contributed by atoms with Crippen LogP contribution in [0.4, 0.5) is 0 Å². The number of allylic oxidation sites excluding steroid dienone is 2. The maximum Gasteiger partial charge on any atom is 0.238 e. The van der Waals surface area contributed by atoms with Crippen LogP contribution in [0.1, 0.15) is 40.1 Å². The van der Waals surface area contributed by atoms with Gasteiger partial charge in [0.15, 0.2) is 0 Å². The monoisotopic (exact) mass is 635 g/mol. The van der Waals surface area contributed by atoms with Crippen LogP contribution in [0.5, 0.6) is 0 Å². The van der Waals surface area contributed by atoms with E-state index in [1.54, 1.807) is 12.2 Å². The van der Waals surface area contributed by atoms with E-state index in [4.69, 9.17) is 15.3 Å². The molecule has 0 bridgehead atoms. The van der Waals surface area contributed by atoms with Crippen molar-refractivity contribution in [1.29, 1.82) is 0 Å². The van der Waals surface area contributed by atoms with E-state index in [1.807, 2.05) is 14.0 Å². The number of hydrogen-bond donors (Lipinski definition) is 0. The zero-order chi connectivity index (χ0) is 31.4. The van der Waals surface area contributed by atoms with Crippen molar-refractivity contribution in [2.75, 3.05) is 0 Å². The molecule has 0 N–H and O–H groups in total. The largest absolute Gasteiger partial charge is 0.238 e. The predicted octanol–water partition coefficient (Wildman–Crippen LogP) is 9.04. The van der Waals surface area contributed by atoms with E-state index in [0.717, 1.165) is 50.9 Å². The Bertz CT molecular complexity index is 1670.